The number of hydrogen-bond donors (Lipinski definition) is 2. The third-order valence-electron chi connectivity index (χ3n) is 2.96. The summed E-state index contributed by atoms with van der Waals surface area (Å²) in [5, 5.41) is 2.58. The van der Waals surface area contributed by atoms with Crippen LogP contribution in [-0.4, -0.2) is 4.98 Å². The second-order valence-electron chi connectivity index (χ2n) is 3.99. The highest BCUT2D eigenvalue weighted by Gasteiger charge is 2.06. The summed E-state index contributed by atoms with van der Waals surface area (Å²) >= 11 is 0. The molecule has 0 amide bonds. The Morgan fingerprint density at radius 1 is 1.00 bits per heavy atom. The third-order valence-corrected chi connectivity index (χ3v) is 2.96. The van der Waals surface area contributed by atoms with Crippen LogP contribution in [0.25, 0.3) is 21.8 Å². The fourth-order valence-electron chi connectivity index (χ4n) is 2.05. The topological polar surface area (TPSA) is 43.4 Å². The van der Waals surface area contributed by atoms with E-state index >= 15 is 0 Å². The van der Waals surface area contributed by atoms with Crippen molar-refractivity contribution in [1.82, 2.24) is 4.98 Å². The molecule has 2 aromatic carbocycles. The van der Waals surface area contributed by atoms with Gasteiger partial charge in [-0.2, -0.15) is 0 Å². The second kappa shape index (κ2) is 2.84. The van der Waals surface area contributed by atoms with Gasteiger partial charge >= 0.3 is 0 Å². The number of aromatic amines is 1. The molecule has 0 aliphatic carbocycles. The molecule has 15 heavy (non-hydrogen) atoms. The van der Waals surface area contributed by atoms with E-state index in [1.807, 2.05) is 0 Å². The Morgan fingerprint density at radius 3 is 2.67 bits per heavy atom. The number of H-pyrrole nitrogens is 1. The molecule has 0 atom stereocenters. The maximum absolute atomic E-state index is 4.02. The Hall–Kier alpha value is -1.80. The average molecular weight is 197 g/mol. The van der Waals surface area contributed by atoms with Crippen molar-refractivity contribution in [3.05, 3.63) is 42.0 Å². The maximum Gasteiger partial charge on any atom is 0.132 e. The van der Waals surface area contributed by atoms with E-state index in [4.69, 9.17) is 0 Å². The van der Waals surface area contributed by atoms with Gasteiger partial charge < -0.3 is 10.7 Å². The van der Waals surface area contributed by atoms with E-state index in [1.54, 1.807) is 0 Å². The number of para-hydroxylation sites is 1. The summed E-state index contributed by atoms with van der Waals surface area (Å²) in [6.07, 6.45) is 0. The number of rotatable bonds is 0. The van der Waals surface area contributed by atoms with E-state index < -0.39 is 0 Å². The average Bonchev–Trinajstić information content (AvgIpc) is 2.57. The van der Waals surface area contributed by atoms with Gasteiger partial charge in [-0.1, -0.05) is 18.2 Å². The first kappa shape index (κ1) is 8.50. The van der Waals surface area contributed by atoms with Crippen molar-refractivity contribution in [3.8, 4) is 0 Å². The highest BCUT2D eigenvalue weighted by atomic mass is 14.7. The number of aryl methyl sites for hydroxylation is 1. The zero-order valence-corrected chi connectivity index (χ0v) is 8.67. The molecular formula is C13H13N2+. The highest BCUT2D eigenvalue weighted by molar-refractivity contribution is 6.08. The predicted molar refractivity (Wildman–Crippen MR) is 63.1 cm³/mol. The molecule has 4 N–H and O–H groups in total. The monoisotopic (exact) mass is 197 g/mol. The lowest BCUT2D eigenvalue weighted by Crippen LogP contribution is -2.40. The number of aromatic nitrogens is 1. The predicted octanol–water partition coefficient (Wildman–Crippen LogP) is 2.50. The molecule has 0 saturated heterocycles. The van der Waals surface area contributed by atoms with Gasteiger partial charge in [0.2, 0.25) is 0 Å². The summed E-state index contributed by atoms with van der Waals surface area (Å²) in [6.45, 7) is 2.10. The summed E-state index contributed by atoms with van der Waals surface area (Å²) in [5.41, 5.74) is 8.72. The van der Waals surface area contributed by atoms with Gasteiger partial charge in [0.05, 0.1) is 5.52 Å². The molecule has 1 heterocycles. The van der Waals surface area contributed by atoms with Gasteiger partial charge in [-0.3, -0.25) is 0 Å². The molecule has 2 heteroatoms. The Balaban J connectivity index is 2.56. The van der Waals surface area contributed by atoms with Crippen molar-refractivity contribution >= 4 is 27.5 Å². The van der Waals surface area contributed by atoms with Crippen LogP contribution in [0.3, 0.4) is 0 Å². The number of benzene rings is 2. The van der Waals surface area contributed by atoms with Gasteiger partial charge in [-0.05, 0) is 19.1 Å². The van der Waals surface area contributed by atoms with Crippen molar-refractivity contribution in [1.29, 1.82) is 0 Å². The lowest BCUT2D eigenvalue weighted by Gasteiger charge is -1.96. The maximum atomic E-state index is 4.02. The zero-order chi connectivity index (χ0) is 10.4. The summed E-state index contributed by atoms with van der Waals surface area (Å²) in [6, 6.07) is 12.7. The number of nitrogens with one attached hydrogen (secondary N) is 1. The first-order chi connectivity index (χ1) is 7.25. The van der Waals surface area contributed by atoms with Crippen LogP contribution in [0.5, 0.6) is 0 Å². The van der Waals surface area contributed by atoms with Crippen LogP contribution in [0.4, 0.5) is 5.69 Å². The Morgan fingerprint density at radius 2 is 1.80 bits per heavy atom. The lowest BCUT2D eigenvalue weighted by atomic mass is 10.1. The molecule has 1 aromatic heterocycles. The molecule has 0 radical (unpaired) electrons. The Kier molecular flexibility index (Phi) is 1.61. The molecule has 3 aromatic rings. The number of fused-ring (bicyclic) bond motifs is 3. The summed E-state index contributed by atoms with van der Waals surface area (Å²) in [7, 11) is 0. The fraction of sp³-hybridized carbons (Fsp3) is 0.0769. The van der Waals surface area contributed by atoms with Crippen LogP contribution in [0.1, 0.15) is 5.56 Å². The summed E-state index contributed by atoms with van der Waals surface area (Å²) in [4.78, 5) is 3.41. The van der Waals surface area contributed by atoms with Crippen LogP contribution in [0.15, 0.2) is 36.4 Å². The largest absolute Gasteiger partial charge is 0.354 e. The van der Waals surface area contributed by atoms with E-state index in [-0.39, 0.29) is 0 Å². The summed E-state index contributed by atoms with van der Waals surface area (Å²) < 4.78 is 0. The molecule has 0 bridgehead atoms. The van der Waals surface area contributed by atoms with Crippen molar-refractivity contribution in [3.63, 3.8) is 0 Å². The van der Waals surface area contributed by atoms with Gasteiger partial charge in [0.25, 0.3) is 0 Å². The standard InChI is InChI=1S/C13H12N2/c1-8-6-10-9-4-2-3-5-12(9)15-13(10)7-11(8)14/h2-7,15H,14H2,1H3/p+1. The highest BCUT2D eigenvalue weighted by Crippen LogP contribution is 2.27. The van der Waals surface area contributed by atoms with Gasteiger partial charge in [-0.25, -0.2) is 0 Å². The van der Waals surface area contributed by atoms with E-state index in [0.717, 1.165) is 5.69 Å². The van der Waals surface area contributed by atoms with Gasteiger partial charge in [0, 0.05) is 27.9 Å². The zero-order valence-electron chi connectivity index (χ0n) is 8.67. The molecule has 0 unspecified atom stereocenters. The van der Waals surface area contributed by atoms with E-state index in [2.05, 4.69) is 54.0 Å². The van der Waals surface area contributed by atoms with E-state index in [0.29, 0.717) is 0 Å². The molecular weight excluding hydrogens is 184 g/mol. The minimum atomic E-state index is 1.09. The second-order valence-corrected chi connectivity index (χ2v) is 3.99. The van der Waals surface area contributed by atoms with E-state index in [9.17, 15) is 0 Å². The smallest absolute Gasteiger partial charge is 0.132 e. The normalized spacial score (nSPS) is 11.3. The molecule has 0 saturated carbocycles. The number of quaternary nitrogens is 1. The first-order valence-electron chi connectivity index (χ1n) is 5.09. The van der Waals surface area contributed by atoms with Crippen LogP contribution in [0.2, 0.25) is 0 Å². The molecule has 2 nitrogen and oxygen atoms in total. The van der Waals surface area contributed by atoms with Crippen LogP contribution >= 0.6 is 0 Å². The van der Waals surface area contributed by atoms with Gasteiger partial charge in [0.15, 0.2) is 0 Å². The van der Waals surface area contributed by atoms with Crippen molar-refractivity contribution in [2.24, 2.45) is 0 Å². The Bertz CT molecular complexity index is 650. The molecule has 0 aliphatic heterocycles. The van der Waals surface area contributed by atoms with Crippen LogP contribution < -0.4 is 5.73 Å². The number of hydrogen-bond acceptors (Lipinski definition) is 0. The lowest BCUT2D eigenvalue weighted by molar-refractivity contribution is -0.255. The summed E-state index contributed by atoms with van der Waals surface area (Å²) in [5.74, 6) is 0. The molecule has 0 fully saturated rings. The Labute approximate surface area is 87.7 Å². The molecule has 74 valence electrons. The van der Waals surface area contributed by atoms with Crippen LogP contribution in [-0.2, 0) is 0 Å². The minimum absolute atomic E-state index is 1.09. The van der Waals surface area contributed by atoms with Crippen molar-refractivity contribution in [2.45, 2.75) is 6.92 Å². The first-order valence-corrected chi connectivity index (χ1v) is 5.09. The molecule has 3 rings (SSSR count). The molecule has 0 spiro atoms. The van der Waals surface area contributed by atoms with Crippen LogP contribution in [0, 0.1) is 6.92 Å². The van der Waals surface area contributed by atoms with Crippen molar-refractivity contribution in [2.75, 3.05) is 0 Å². The quantitative estimate of drug-likeness (QED) is 0.556. The third kappa shape index (κ3) is 1.15. The van der Waals surface area contributed by atoms with E-state index in [1.165, 1.54) is 27.4 Å². The molecule has 0 aliphatic rings. The SMILES string of the molecule is Cc1cc2c(cc1[NH3+])[nH]c1ccccc12. The van der Waals surface area contributed by atoms with Gasteiger partial charge in [-0.15, -0.1) is 0 Å². The fourth-order valence-corrected chi connectivity index (χ4v) is 2.05. The minimum Gasteiger partial charge on any atom is -0.354 e. The van der Waals surface area contributed by atoms with Crippen molar-refractivity contribution < 1.29 is 5.73 Å². The van der Waals surface area contributed by atoms with Gasteiger partial charge in [0.1, 0.15) is 5.69 Å².